The summed E-state index contributed by atoms with van der Waals surface area (Å²) in [5, 5.41) is 0. The van der Waals surface area contributed by atoms with Gasteiger partial charge in [0.15, 0.2) is 5.78 Å². The Morgan fingerprint density at radius 2 is 1.76 bits per heavy atom. The van der Waals surface area contributed by atoms with E-state index in [1.54, 1.807) is 26.2 Å². The van der Waals surface area contributed by atoms with Crippen molar-refractivity contribution in [2.24, 2.45) is 0 Å². The van der Waals surface area contributed by atoms with Crippen LogP contribution in [0.15, 0.2) is 24.3 Å². The Morgan fingerprint density at radius 3 is 2.33 bits per heavy atom. The van der Waals surface area contributed by atoms with Crippen LogP contribution < -0.4 is 4.74 Å². The Balaban J connectivity index is 2.77. The van der Waals surface area contributed by atoms with Crippen LogP contribution in [-0.2, 0) is 4.79 Å². The first kappa shape index (κ1) is 17.2. The van der Waals surface area contributed by atoms with Gasteiger partial charge in [-0.3, -0.25) is 14.5 Å². The molecular formula is C16H24N2O3. The predicted octanol–water partition coefficient (Wildman–Crippen LogP) is 1.68. The first-order chi connectivity index (χ1) is 9.99. The van der Waals surface area contributed by atoms with E-state index in [0.717, 1.165) is 0 Å². The summed E-state index contributed by atoms with van der Waals surface area (Å²) in [6, 6.07) is 7.21. The molecule has 0 saturated carbocycles. The van der Waals surface area contributed by atoms with Gasteiger partial charge in [-0.2, -0.15) is 0 Å². The molecule has 0 bridgehead atoms. The van der Waals surface area contributed by atoms with Crippen molar-refractivity contribution >= 4 is 11.7 Å². The monoisotopic (exact) mass is 292 g/mol. The lowest BCUT2D eigenvalue weighted by atomic mass is 10.1. The van der Waals surface area contributed by atoms with Crippen molar-refractivity contribution in [3.63, 3.8) is 0 Å². The zero-order chi connectivity index (χ0) is 15.8. The molecule has 1 aromatic rings. The summed E-state index contributed by atoms with van der Waals surface area (Å²) in [4.78, 5) is 27.5. The van der Waals surface area contributed by atoms with Gasteiger partial charge in [0, 0.05) is 14.1 Å². The van der Waals surface area contributed by atoms with Crippen molar-refractivity contribution in [1.29, 1.82) is 0 Å². The molecule has 0 fully saturated rings. The lowest BCUT2D eigenvalue weighted by Crippen LogP contribution is -2.39. The number of ether oxygens (including phenoxy) is 1. The van der Waals surface area contributed by atoms with Crippen LogP contribution in [0.25, 0.3) is 0 Å². The highest BCUT2D eigenvalue weighted by Gasteiger charge is 2.17. The third kappa shape index (κ3) is 5.19. The van der Waals surface area contributed by atoms with Crippen LogP contribution in [0.3, 0.4) is 0 Å². The predicted molar refractivity (Wildman–Crippen MR) is 82.7 cm³/mol. The summed E-state index contributed by atoms with van der Waals surface area (Å²) in [5.74, 6) is 0.551. The minimum Gasteiger partial charge on any atom is -0.493 e. The second-order valence-corrected chi connectivity index (χ2v) is 4.94. The van der Waals surface area contributed by atoms with E-state index < -0.39 is 0 Å². The second kappa shape index (κ2) is 8.42. The average Bonchev–Trinajstić information content (AvgIpc) is 2.47. The molecule has 0 aliphatic heterocycles. The van der Waals surface area contributed by atoms with Crippen LogP contribution >= 0.6 is 0 Å². The lowest BCUT2D eigenvalue weighted by molar-refractivity contribution is -0.129. The van der Waals surface area contributed by atoms with Gasteiger partial charge in [0.1, 0.15) is 5.75 Å². The molecule has 0 heterocycles. The Hall–Kier alpha value is -1.88. The highest BCUT2D eigenvalue weighted by Crippen LogP contribution is 2.18. The van der Waals surface area contributed by atoms with E-state index in [1.807, 2.05) is 30.9 Å². The summed E-state index contributed by atoms with van der Waals surface area (Å²) in [7, 11) is 3.42. The van der Waals surface area contributed by atoms with E-state index in [1.165, 1.54) is 4.90 Å². The number of amides is 1. The van der Waals surface area contributed by atoms with Crippen molar-refractivity contribution in [3.8, 4) is 5.75 Å². The standard InChI is InChI=1S/C16H24N2O3/c1-5-18(12-16(20)17(3)4)11-14(19)13-9-7-8-10-15(13)21-6-2/h7-10H,5-6,11-12H2,1-4H3. The van der Waals surface area contributed by atoms with Gasteiger partial charge in [0.2, 0.25) is 5.91 Å². The fraction of sp³-hybridized carbons (Fsp3) is 0.500. The van der Waals surface area contributed by atoms with Crippen LogP contribution in [0, 0.1) is 0 Å². The molecule has 1 amide bonds. The Labute approximate surface area is 126 Å². The molecule has 0 radical (unpaired) electrons. The summed E-state index contributed by atoms with van der Waals surface area (Å²) in [5.41, 5.74) is 0.565. The normalized spacial score (nSPS) is 10.5. The number of hydrogen-bond donors (Lipinski definition) is 0. The van der Waals surface area contributed by atoms with Gasteiger partial charge in [-0.15, -0.1) is 0 Å². The largest absolute Gasteiger partial charge is 0.493 e. The van der Waals surface area contributed by atoms with Crippen molar-refractivity contribution in [2.45, 2.75) is 13.8 Å². The first-order valence-electron chi connectivity index (χ1n) is 7.17. The topological polar surface area (TPSA) is 49.9 Å². The van der Waals surface area contributed by atoms with E-state index in [0.29, 0.717) is 24.5 Å². The molecular weight excluding hydrogens is 268 g/mol. The molecule has 0 saturated heterocycles. The quantitative estimate of drug-likeness (QED) is 0.684. The molecule has 0 N–H and O–H groups in total. The van der Waals surface area contributed by atoms with E-state index in [9.17, 15) is 9.59 Å². The Bertz CT molecular complexity index is 486. The SMILES string of the molecule is CCOc1ccccc1C(=O)CN(CC)CC(=O)N(C)C. The minimum atomic E-state index is -0.0348. The third-order valence-corrected chi connectivity index (χ3v) is 3.16. The molecule has 0 aliphatic carbocycles. The van der Waals surface area contributed by atoms with E-state index in [-0.39, 0.29) is 24.8 Å². The summed E-state index contributed by atoms with van der Waals surface area (Å²) in [6.07, 6.45) is 0. The number of carbonyl (C=O) groups excluding carboxylic acids is 2. The van der Waals surface area contributed by atoms with Crippen molar-refractivity contribution in [3.05, 3.63) is 29.8 Å². The maximum absolute atomic E-state index is 12.4. The molecule has 1 rings (SSSR count). The maximum Gasteiger partial charge on any atom is 0.236 e. The van der Waals surface area contributed by atoms with Gasteiger partial charge in [0.25, 0.3) is 0 Å². The number of hydrogen-bond acceptors (Lipinski definition) is 4. The van der Waals surface area contributed by atoms with Crippen molar-refractivity contribution in [1.82, 2.24) is 9.80 Å². The smallest absolute Gasteiger partial charge is 0.236 e. The molecule has 116 valence electrons. The van der Waals surface area contributed by atoms with Crippen LogP contribution in [0.1, 0.15) is 24.2 Å². The second-order valence-electron chi connectivity index (χ2n) is 4.94. The minimum absolute atomic E-state index is 0.0113. The fourth-order valence-electron chi connectivity index (χ4n) is 1.88. The molecule has 5 heteroatoms. The first-order valence-corrected chi connectivity index (χ1v) is 7.17. The van der Waals surface area contributed by atoms with Gasteiger partial charge in [-0.1, -0.05) is 19.1 Å². The highest BCUT2D eigenvalue weighted by molar-refractivity contribution is 6.00. The van der Waals surface area contributed by atoms with Gasteiger partial charge in [0.05, 0.1) is 25.3 Å². The summed E-state index contributed by atoms with van der Waals surface area (Å²) < 4.78 is 5.48. The number of para-hydroxylation sites is 1. The van der Waals surface area contributed by atoms with Gasteiger partial charge < -0.3 is 9.64 Å². The average molecular weight is 292 g/mol. The highest BCUT2D eigenvalue weighted by atomic mass is 16.5. The number of benzene rings is 1. The van der Waals surface area contributed by atoms with Gasteiger partial charge in [-0.05, 0) is 25.6 Å². The van der Waals surface area contributed by atoms with Crippen molar-refractivity contribution < 1.29 is 14.3 Å². The number of likely N-dealkylation sites (N-methyl/N-ethyl adjacent to an activating group) is 2. The van der Waals surface area contributed by atoms with E-state index in [2.05, 4.69) is 0 Å². The van der Waals surface area contributed by atoms with Crippen LogP contribution in [0.4, 0.5) is 0 Å². The van der Waals surface area contributed by atoms with E-state index in [4.69, 9.17) is 4.74 Å². The van der Waals surface area contributed by atoms with E-state index >= 15 is 0 Å². The molecule has 0 atom stereocenters. The number of rotatable bonds is 8. The number of nitrogens with zero attached hydrogens (tertiary/aromatic N) is 2. The Kier molecular flexibility index (Phi) is 6.88. The molecule has 5 nitrogen and oxygen atoms in total. The summed E-state index contributed by atoms with van der Waals surface area (Å²) >= 11 is 0. The zero-order valence-corrected chi connectivity index (χ0v) is 13.3. The zero-order valence-electron chi connectivity index (χ0n) is 13.3. The fourth-order valence-corrected chi connectivity index (χ4v) is 1.88. The Morgan fingerprint density at radius 1 is 1.10 bits per heavy atom. The molecule has 21 heavy (non-hydrogen) atoms. The molecule has 1 aromatic carbocycles. The molecule has 0 spiro atoms. The maximum atomic E-state index is 12.4. The lowest BCUT2D eigenvalue weighted by Gasteiger charge is -2.21. The molecule has 0 aromatic heterocycles. The van der Waals surface area contributed by atoms with Gasteiger partial charge in [-0.25, -0.2) is 0 Å². The van der Waals surface area contributed by atoms with Crippen molar-refractivity contribution in [2.75, 3.05) is 40.3 Å². The van der Waals surface area contributed by atoms with Gasteiger partial charge >= 0.3 is 0 Å². The number of ketones is 1. The summed E-state index contributed by atoms with van der Waals surface area (Å²) in [6.45, 7) is 5.43. The van der Waals surface area contributed by atoms with Crippen LogP contribution in [0.5, 0.6) is 5.75 Å². The number of Topliss-reactive ketones (excluding diaryl/α,β-unsaturated/α-hetero) is 1. The number of carbonyl (C=O) groups is 2. The third-order valence-electron chi connectivity index (χ3n) is 3.16. The molecule has 0 unspecified atom stereocenters. The van der Waals surface area contributed by atoms with Crippen LogP contribution in [0.2, 0.25) is 0 Å². The molecule has 0 aliphatic rings. The van der Waals surface area contributed by atoms with Crippen LogP contribution in [-0.4, -0.2) is 61.8 Å².